The molecule has 22 heavy (non-hydrogen) atoms. The van der Waals surface area contributed by atoms with E-state index < -0.39 is 18.5 Å². The van der Waals surface area contributed by atoms with Gasteiger partial charge in [0.05, 0.1) is 0 Å². The molecule has 0 fully saturated rings. The minimum absolute atomic E-state index is 0.164. The summed E-state index contributed by atoms with van der Waals surface area (Å²) in [5, 5.41) is 11.4. The number of carbonyl (C=O) groups excluding carboxylic acids is 1. The Balaban J connectivity index is 1.77. The summed E-state index contributed by atoms with van der Waals surface area (Å²) in [6.07, 6.45) is 6.29. The summed E-state index contributed by atoms with van der Waals surface area (Å²) < 4.78 is 0. The first-order valence-electron chi connectivity index (χ1n) is 7.35. The first kappa shape index (κ1) is 16.9. The van der Waals surface area contributed by atoms with Crippen molar-refractivity contribution in [3.8, 4) is 0 Å². The zero-order chi connectivity index (χ0) is 16.1. The lowest BCUT2D eigenvalue weighted by molar-refractivity contribution is -0.124. The summed E-state index contributed by atoms with van der Waals surface area (Å²) >= 11 is 5.86. The molecule has 8 nitrogen and oxygen atoms in total. The summed E-state index contributed by atoms with van der Waals surface area (Å²) in [4.78, 5) is 12.2. The summed E-state index contributed by atoms with van der Waals surface area (Å²) in [6.45, 7) is 0.752. The number of hydrogen-bond donors (Lipinski definition) is 7. The molecule has 1 heterocycles. The molecule has 1 aliphatic carbocycles. The molecular formula is C13H24ClN7O. The molecule has 2 rings (SSSR count). The molecule has 0 aromatic rings. The highest BCUT2D eigenvalue weighted by molar-refractivity contribution is 6.29. The Morgan fingerprint density at radius 1 is 1.45 bits per heavy atom. The molecule has 1 aliphatic heterocycles. The van der Waals surface area contributed by atoms with Crippen LogP contribution in [0.1, 0.15) is 19.3 Å². The van der Waals surface area contributed by atoms with Crippen molar-refractivity contribution in [2.75, 3.05) is 6.54 Å². The zero-order valence-corrected chi connectivity index (χ0v) is 13.1. The van der Waals surface area contributed by atoms with Crippen molar-refractivity contribution in [3.63, 3.8) is 0 Å². The van der Waals surface area contributed by atoms with E-state index in [2.05, 4.69) is 33.4 Å². The molecule has 1 amide bonds. The lowest BCUT2D eigenvalue weighted by Crippen LogP contribution is -2.66. The van der Waals surface area contributed by atoms with Crippen LogP contribution in [-0.4, -0.2) is 30.9 Å². The van der Waals surface area contributed by atoms with Gasteiger partial charge in [0.15, 0.2) is 0 Å². The maximum Gasteiger partial charge on any atom is 0.248 e. The van der Waals surface area contributed by atoms with Crippen molar-refractivity contribution in [2.45, 2.75) is 37.8 Å². The van der Waals surface area contributed by atoms with Crippen LogP contribution in [0.4, 0.5) is 0 Å². The highest BCUT2D eigenvalue weighted by Crippen LogP contribution is 2.16. The van der Waals surface area contributed by atoms with Gasteiger partial charge in [0.1, 0.15) is 29.5 Å². The Morgan fingerprint density at radius 2 is 2.23 bits per heavy atom. The second-order valence-corrected chi connectivity index (χ2v) is 5.94. The third-order valence-corrected chi connectivity index (χ3v) is 4.10. The molecule has 0 saturated heterocycles. The van der Waals surface area contributed by atoms with Gasteiger partial charge in [-0.1, -0.05) is 23.8 Å². The maximum absolute atomic E-state index is 12.2. The second-order valence-electron chi connectivity index (χ2n) is 5.56. The predicted octanol–water partition coefficient (Wildman–Crippen LogP) is -1.54. The van der Waals surface area contributed by atoms with Crippen molar-refractivity contribution in [1.29, 1.82) is 0 Å². The molecule has 9 heteroatoms. The third kappa shape index (κ3) is 4.51. The van der Waals surface area contributed by atoms with Crippen LogP contribution in [0.3, 0.4) is 0 Å². The van der Waals surface area contributed by atoms with Crippen LogP contribution in [0.2, 0.25) is 0 Å². The highest BCUT2D eigenvalue weighted by Gasteiger charge is 2.31. The average molecular weight is 330 g/mol. The SMILES string of the molecule is NC1=C(Cl)NC(C(=O)NC(N)NCC2CC=CCC2)C(N)N1. The average Bonchev–Trinajstić information content (AvgIpc) is 2.50. The standard InChI is InChI=1S/C13H24ClN7O/c14-9-11(16)20-10(15)8(19-9)12(22)21-13(17)18-6-7-4-2-1-3-5-7/h1-2,7-8,10,13,18-20H,3-6,15-17H2,(H,21,22). The van der Waals surface area contributed by atoms with Crippen molar-refractivity contribution in [2.24, 2.45) is 23.1 Å². The molecule has 0 bridgehead atoms. The van der Waals surface area contributed by atoms with Crippen LogP contribution in [0.15, 0.2) is 23.1 Å². The molecular weight excluding hydrogens is 306 g/mol. The number of nitrogens with two attached hydrogens (primary N) is 3. The van der Waals surface area contributed by atoms with Gasteiger partial charge in [-0.05, 0) is 25.2 Å². The first-order valence-corrected chi connectivity index (χ1v) is 7.73. The number of hydrogen-bond acceptors (Lipinski definition) is 7. The molecule has 10 N–H and O–H groups in total. The second kappa shape index (κ2) is 7.68. The largest absolute Gasteiger partial charge is 0.383 e. The van der Waals surface area contributed by atoms with E-state index in [4.69, 9.17) is 28.8 Å². The lowest BCUT2D eigenvalue weighted by Gasteiger charge is -2.32. The number of halogens is 1. The molecule has 0 aromatic carbocycles. The smallest absolute Gasteiger partial charge is 0.248 e. The topological polar surface area (TPSA) is 143 Å². The fourth-order valence-electron chi connectivity index (χ4n) is 2.49. The van der Waals surface area contributed by atoms with Crippen molar-refractivity contribution >= 4 is 17.5 Å². The van der Waals surface area contributed by atoms with E-state index in [0.29, 0.717) is 5.92 Å². The fourth-order valence-corrected chi connectivity index (χ4v) is 2.66. The van der Waals surface area contributed by atoms with Crippen LogP contribution in [0, 0.1) is 5.92 Å². The molecule has 0 radical (unpaired) electrons. The van der Waals surface area contributed by atoms with E-state index in [1.54, 1.807) is 0 Å². The minimum Gasteiger partial charge on any atom is -0.383 e. The van der Waals surface area contributed by atoms with E-state index in [9.17, 15) is 4.79 Å². The van der Waals surface area contributed by atoms with Crippen LogP contribution in [0.25, 0.3) is 0 Å². The zero-order valence-electron chi connectivity index (χ0n) is 12.3. The molecule has 4 atom stereocenters. The maximum atomic E-state index is 12.2. The van der Waals surface area contributed by atoms with Gasteiger partial charge in [-0.15, -0.1) is 0 Å². The number of amides is 1. The lowest BCUT2D eigenvalue weighted by atomic mass is 9.94. The van der Waals surface area contributed by atoms with Crippen LogP contribution < -0.4 is 38.5 Å². The monoisotopic (exact) mass is 329 g/mol. The Hall–Kier alpha value is -1.48. The van der Waals surface area contributed by atoms with E-state index in [-0.39, 0.29) is 16.9 Å². The van der Waals surface area contributed by atoms with Gasteiger partial charge in [-0.3, -0.25) is 15.8 Å². The summed E-state index contributed by atoms with van der Waals surface area (Å²) in [5.74, 6) is 0.405. The van der Waals surface area contributed by atoms with Gasteiger partial charge >= 0.3 is 0 Å². The Kier molecular flexibility index (Phi) is 5.90. The highest BCUT2D eigenvalue weighted by atomic mass is 35.5. The molecule has 4 unspecified atom stereocenters. The van der Waals surface area contributed by atoms with Gasteiger partial charge in [0.25, 0.3) is 0 Å². The van der Waals surface area contributed by atoms with E-state index >= 15 is 0 Å². The van der Waals surface area contributed by atoms with Gasteiger partial charge in [0.2, 0.25) is 5.91 Å². The van der Waals surface area contributed by atoms with Gasteiger partial charge in [0, 0.05) is 6.54 Å². The predicted molar refractivity (Wildman–Crippen MR) is 85.7 cm³/mol. The Labute approximate surface area is 134 Å². The molecule has 0 aromatic heterocycles. The van der Waals surface area contributed by atoms with E-state index in [1.165, 1.54) is 0 Å². The van der Waals surface area contributed by atoms with E-state index in [1.807, 2.05) is 0 Å². The van der Waals surface area contributed by atoms with Gasteiger partial charge in [-0.25, -0.2) is 0 Å². The van der Waals surface area contributed by atoms with Crippen LogP contribution in [0.5, 0.6) is 0 Å². The summed E-state index contributed by atoms with van der Waals surface area (Å²) in [5.41, 5.74) is 17.3. The van der Waals surface area contributed by atoms with Crippen molar-refractivity contribution < 1.29 is 4.79 Å². The molecule has 0 saturated carbocycles. The quantitative estimate of drug-likeness (QED) is 0.184. The third-order valence-electron chi connectivity index (χ3n) is 3.78. The van der Waals surface area contributed by atoms with Crippen LogP contribution in [-0.2, 0) is 4.79 Å². The Morgan fingerprint density at radius 3 is 2.91 bits per heavy atom. The number of rotatable bonds is 5. The minimum atomic E-state index is -0.745. The molecule has 124 valence electrons. The van der Waals surface area contributed by atoms with Crippen molar-refractivity contribution in [1.82, 2.24) is 21.3 Å². The number of nitrogens with one attached hydrogen (secondary N) is 4. The normalized spacial score (nSPS) is 29.5. The van der Waals surface area contributed by atoms with E-state index in [0.717, 1.165) is 25.8 Å². The molecule has 2 aliphatic rings. The number of allylic oxidation sites excluding steroid dienone is 2. The van der Waals surface area contributed by atoms with Crippen molar-refractivity contribution in [3.05, 3.63) is 23.1 Å². The first-order chi connectivity index (χ1) is 10.5. The van der Waals surface area contributed by atoms with Gasteiger partial charge in [-0.2, -0.15) is 0 Å². The number of carbonyl (C=O) groups is 1. The summed E-state index contributed by atoms with van der Waals surface area (Å²) in [7, 11) is 0. The summed E-state index contributed by atoms with van der Waals surface area (Å²) in [6, 6.07) is -0.745. The Bertz CT molecular complexity index is 467. The van der Waals surface area contributed by atoms with Gasteiger partial charge < -0.3 is 27.4 Å². The van der Waals surface area contributed by atoms with Crippen LogP contribution >= 0.6 is 11.6 Å². The molecule has 0 spiro atoms. The fraction of sp³-hybridized carbons (Fsp3) is 0.615.